The fraction of sp³-hybridized carbons (Fsp3) is 0.600. The van der Waals surface area contributed by atoms with Gasteiger partial charge in [-0.05, 0) is 12.8 Å². The number of rotatable bonds is 2. The van der Waals surface area contributed by atoms with Gasteiger partial charge >= 0.3 is 0 Å². The number of carbonyl (C=O) groups excluding carboxylic acids is 2. The van der Waals surface area contributed by atoms with Gasteiger partial charge < -0.3 is 5.32 Å². The molecule has 0 saturated carbocycles. The molecule has 0 aromatic heterocycles. The molecule has 0 heterocycles. The van der Waals surface area contributed by atoms with Gasteiger partial charge in [-0.2, -0.15) is 0 Å². The molecule has 0 fully saturated rings. The Morgan fingerprint density at radius 1 is 1.31 bits per heavy atom. The molecule has 0 aromatic rings. The predicted octanol–water partition coefficient (Wildman–Crippen LogP) is 0.741. The average Bonchev–Trinajstić information content (AvgIpc) is 1.99. The molecule has 0 saturated heterocycles. The summed E-state index contributed by atoms with van der Waals surface area (Å²) in [5, 5.41) is 2.43. The Hall–Kier alpha value is -1.30. The van der Waals surface area contributed by atoms with E-state index in [0.29, 0.717) is 0 Å². The topological polar surface area (TPSA) is 46.2 Å². The summed E-state index contributed by atoms with van der Waals surface area (Å²) in [4.78, 5) is 22.1. The van der Waals surface area contributed by atoms with Crippen LogP contribution < -0.4 is 5.32 Å². The van der Waals surface area contributed by atoms with Gasteiger partial charge in [0.05, 0.1) is 6.54 Å². The zero-order chi connectivity index (χ0) is 10.5. The van der Waals surface area contributed by atoms with Crippen LogP contribution in [-0.4, -0.2) is 18.2 Å². The molecule has 0 radical (unpaired) electrons. The second-order valence-corrected chi connectivity index (χ2v) is 3.73. The minimum atomic E-state index is -0.410. The number of nitrogens with one attached hydrogen (secondary N) is 1. The molecule has 0 unspecified atom stereocenters. The minimum Gasteiger partial charge on any atom is -0.338 e. The summed E-state index contributed by atoms with van der Waals surface area (Å²) in [6.45, 7) is 7.06. The van der Waals surface area contributed by atoms with Crippen LogP contribution in [0.25, 0.3) is 0 Å². The van der Waals surface area contributed by atoms with E-state index in [0.717, 1.165) is 0 Å². The van der Waals surface area contributed by atoms with Gasteiger partial charge in [-0.25, -0.2) is 0 Å². The van der Waals surface area contributed by atoms with Crippen molar-refractivity contribution >= 4 is 11.7 Å². The van der Waals surface area contributed by atoms with E-state index in [-0.39, 0.29) is 12.3 Å². The van der Waals surface area contributed by atoms with Crippen molar-refractivity contribution in [2.45, 2.75) is 27.7 Å². The monoisotopic (exact) mass is 181 g/mol. The standard InChI is InChI=1S/C10H15NO2/c1-5-6-9(13)11-7-8(12)10(2,3)4/h7H2,1-4H3,(H,11,13). The van der Waals surface area contributed by atoms with Crippen LogP contribution >= 0.6 is 0 Å². The highest BCUT2D eigenvalue weighted by molar-refractivity contribution is 5.96. The van der Waals surface area contributed by atoms with E-state index in [1.54, 1.807) is 6.92 Å². The Morgan fingerprint density at radius 2 is 1.85 bits per heavy atom. The Labute approximate surface area is 78.9 Å². The summed E-state index contributed by atoms with van der Waals surface area (Å²) in [6.07, 6.45) is 0. The normalized spacial score (nSPS) is 9.85. The summed E-state index contributed by atoms with van der Waals surface area (Å²) in [6, 6.07) is 0. The summed E-state index contributed by atoms with van der Waals surface area (Å²) in [5.74, 6) is 4.35. The van der Waals surface area contributed by atoms with Crippen molar-refractivity contribution in [2.24, 2.45) is 5.41 Å². The molecule has 3 heteroatoms. The summed E-state index contributed by atoms with van der Waals surface area (Å²) < 4.78 is 0. The van der Waals surface area contributed by atoms with Crippen LogP contribution in [0.4, 0.5) is 0 Å². The molecular weight excluding hydrogens is 166 g/mol. The van der Waals surface area contributed by atoms with Crippen molar-refractivity contribution < 1.29 is 9.59 Å². The minimum absolute atomic E-state index is 0.00115. The summed E-state index contributed by atoms with van der Waals surface area (Å²) in [5.41, 5.74) is -0.410. The first-order chi connectivity index (χ1) is 5.88. The first-order valence-electron chi connectivity index (χ1n) is 4.12. The second kappa shape index (κ2) is 4.66. The molecule has 0 aliphatic carbocycles. The third kappa shape index (κ3) is 5.02. The van der Waals surface area contributed by atoms with E-state index in [4.69, 9.17) is 0 Å². The van der Waals surface area contributed by atoms with Crippen LogP contribution in [0.5, 0.6) is 0 Å². The zero-order valence-corrected chi connectivity index (χ0v) is 8.52. The molecule has 1 amide bonds. The Bertz CT molecular complexity index is 263. The fourth-order valence-electron chi connectivity index (χ4n) is 0.583. The first-order valence-corrected chi connectivity index (χ1v) is 4.12. The second-order valence-electron chi connectivity index (χ2n) is 3.73. The average molecular weight is 181 g/mol. The third-order valence-corrected chi connectivity index (χ3v) is 1.48. The van der Waals surface area contributed by atoms with Crippen molar-refractivity contribution in [1.29, 1.82) is 0 Å². The van der Waals surface area contributed by atoms with Gasteiger partial charge in [-0.1, -0.05) is 26.7 Å². The predicted molar refractivity (Wildman–Crippen MR) is 50.9 cm³/mol. The first kappa shape index (κ1) is 11.7. The van der Waals surface area contributed by atoms with E-state index >= 15 is 0 Å². The number of amides is 1. The smallest absolute Gasteiger partial charge is 0.296 e. The number of hydrogen-bond donors (Lipinski definition) is 1. The molecule has 0 bridgehead atoms. The van der Waals surface area contributed by atoms with Crippen molar-refractivity contribution in [3.63, 3.8) is 0 Å². The molecule has 0 rings (SSSR count). The Morgan fingerprint density at radius 3 is 2.23 bits per heavy atom. The van der Waals surface area contributed by atoms with Gasteiger partial charge in [0, 0.05) is 5.41 Å². The van der Waals surface area contributed by atoms with Crippen LogP contribution in [0.2, 0.25) is 0 Å². The lowest BCUT2D eigenvalue weighted by molar-refractivity contribution is -0.127. The van der Waals surface area contributed by atoms with Crippen molar-refractivity contribution in [1.82, 2.24) is 5.32 Å². The lowest BCUT2D eigenvalue weighted by atomic mass is 9.91. The van der Waals surface area contributed by atoms with Gasteiger partial charge in [0.25, 0.3) is 5.91 Å². The van der Waals surface area contributed by atoms with Crippen molar-refractivity contribution in [3.8, 4) is 11.8 Å². The van der Waals surface area contributed by atoms with Crippen LogP contribution in [-0.2, 0) is 9.59 Å². The largest absolute Gasteiger partial charge is 0.338 e. The Kier molecular flexibility index (Phi) is 4.19. The van der Waals surface area contributed by atoms with Gasteiger partial charge in [-0.3, -0.25) is 9.59 Å². The van der Waals surface area contributed by atoms with Gasteiger partial charge in [0.1, 0.15) is 0 Å². The molecule has 0 atom stereocenters. The number of carbonyl (C=O) groups is 2. The Balaban J connectivity index is 3.96. The summed E-state index contributed by atoms with van der Waals surface area (Å²) in [7, 11) is 0. The van der Waals surface area contributed by atoms with Crippen LogP contribution in [0.3, 0.4) is 0 Å². The number of hydrogen-bond acceptors (Lipinski definition) is 2. The van der Waals surface area contributed by atoms with E-state index < -0.39 is 11.3 Å². The molecule has 72 valence electrons. The van der Waals surface area contributed by atoms with E-state index in [2.05, 4.69) is 17.2 Å². The molecule has 3 nitrogen and oxygen atoms in total. The highest BCUT2D eigenvalue weighted by Crippen LogP contribution is 2.13. The number of ketones is 1. The maximum Gasteiger partial charge on any atom is 0.296 e. The lowest BCUT2D eigenvalue weighted by Gasteiger charge is -2.15. The summed E-state index contributed by atoms with van der Waals surface area (Å²) >= 11 is 0. The number of Topliss-reactive ketones (excluding diaryl/α,β-unsaturated/α-hetero) is 1. The van der Waals surface area contributed by atoms with Crippen LogP contribution in [0.1, 0.15) is 27.7 Å². The van der Waals surface area contributed by atoms with Crippen LogP contribution in [0.15, 0.2) is 0 Å². The van der Waals surface area contributed by atoms with E-state index in [1.165, 1.54) is 0 Å². The maximum atomic E-state index is 11.3. The zero-order valence-electron chi connectivity index (χ0n) is 8.52. The molecule has 0 aliphatic heterocycles. The van der Waals surface area contributed by atoms with E-state index in [9.17, 15) is 9.59 Å². The van der Waals surface area contributed by atoms with E-state index in [1.807, 2.05) is 20.8 Å². The molecule has 0 aliphatic rings. The third-order valence-electron chi connectivity index (χ3n) is 1.48. The maximum absolute atomic E-state index is 11.3. The molecule has 13 heavy (non-hydrogen) atoms. The van der Waals surface area contributed by atoms with Gasteiger partial charge in [-0.15, -0.1) is 0 Å². The molecule has 1 N–H and O–H groups in total. The molecular formula is C10H15NO2. The van der Waals surface area contributed by atoms with Gasteiger partial charge in [0.15, 0.2) is 5.78 Å². The molecule has 0 aromatic carbocycles. The van der Waals surface area contributed by atoms with Crippen molar-refractivity contribution in [2.75, 3.05) is 6.54 Å². The van der Waals surface area contributed by atoms with Crippen molar-refractivity contribution in [3.05, 3.63) is 0 Å². The van der Waals surface area contributed by atoms with Crippen LogP contribution in [0, 0.1) is 17.3 Å². The highest BCUT2D eigenvalue weighted by Gasteiger charge is 2.20. The lowest BCUT2D eigenvalue weighted by Crippen LogP contribution is -2.34. The fourth-order valence-corrected chi connectivity index (χ4v) is 0.583. The highest BCUT2D eigenvalue weighted by atomic mass is 16.2. The quantitative estimate of drug-likeness (QED) is 0.639. The SMILES string of the molecule is CC#CC(=O)NCC(=O)C(C)(C)C. The van der Waals surface area contributed by atoms with Gasteiger partial charge in [0.2, 0.25) is 0 Å². The molecule has 0 spiro atoms.